The third kappa shape index (κ3) is 6.89. The minimum Gasteiger partial charge on any atom is -0.542 e. The third-order valence-corrected chi connectivity index (χ3v) is 1.64. The Bertz CT molecular complexity index is 228. The van der Waals surface area contributed by atoms with Crippen LogP contribution in [0.4, 0.5) is 13.2 Å². The predicted octanol–water partition coefficient (Wildman–Crippen LogP) is -1.38. The Balaban J connectivity index is 0.000000265. The molecule has 0 radical (unpaired) electrons. The Morgan fingerprint density at radius 2 is 2.13 bits per heavy atom. The highest BCUT2D eigenvalue weighted by molar-refractivity contribution is 5.70. The van der Waals surface area contributed by atoms with Crippen LogP contribution in [0, 0.1) is 0 Å². The Morgan fingerprint density at radius 3 is 2.40 bits per heavy atom. The molecule has 0 aromatic carbocycles. The van der Waals surface area contributed by atoms with E-state index in [1.165, 1.54) is 24.4 Å². The van der Waals surface area contributed by atoms with Crippen LogP contribution in [0.15, 0.2) is 4.99 Å². The van der Waals surface area contributed by atoms with Crippen LogP contribution in [0.3, 0.4) is 0 Å². The van der Waals surface area contributed by atoms with Gasteiger partial charge in [0, 0.05) is 0 Å². The molecule has 4 nitrogen and oxygen atoms in total. The Labute approximate surface area is 85.4 Å². The van der Waals surface area contributed by atoms with E-state index >= 15 is 0 Å². The molecule has 1 aliphatic heterocycles. The lowest BCUT2D eigenvalue weighted by atomic mass is 10.4. The summed E-state index contributed by atoms with van der Waals surface area (Å²) < 4.78 is 31.5. The van der Waals surface area contributed by atoms with E-state index in [2.05, 4.69) is 11.9 Å². The summed E-state index contributed by atoms with van der Waals surface area (Å²) in [5.74, 6) is -3.01. The minimum atomic E-state index is -5.19. The van der Waals surface area contributed by atoms with Crippen LogP contribution in [-0.2, 0) is 4.79 Å². The van der Waals surface area contributed by atoms with E-state index in [-0.39, 0.29) is 0 Å². The first-order valence-electron chi connectivity index (χ1n) is 4.50. The van der Waals surface area contributed by atoms with Gasteiger partial charge in [-0.3, -0.25) is 4.90 Å². The molecular weight excluding hydrogens is 213 g/mol. The normalized spacial score (nSPS) is 19.6. The summed E-state index contributed by atoms with van der Waals surface area (Å²) in [4.78, 5) is 14.4. The van der Waals surface area contributed by atoms with Crippen LogP contribution in [0.25, 0.3) is 0 Å². The summed E-state index contributed by atoms with van der Waals surface area (Å²) in [5, 5.41) is 8.78. The molecule has 1 heterocycles. The number of hydrogen-bond donors (Lipinski definition) is 1. The number of carboxylic acids is 1. The van der Waals surface area contributed by atoms with Crippen molar-refractivity contribution in [3.63, 3.8) is 0 Å². The van der Waals surface area contributed by atoms with E-state index in [0.29, 0.717) is 0 Å². The quantitative estimate of drug-likeness (QED) is 0.631. The van der Waals surface area contributed by atoms with Gasteiger partial charge < -0.3 is 9.90 Å². The van der Waals surface area contributed by atoms with Crippen molar-refractivity contribution in [1.29, 1.82) is 0 Å². The number of carboxylic acid groups (broad SMARTS) is 1. The minimum absolute atomic E-state index is 1.04. The maximum atomic E-state index is 10.5. The van der Waals surface area contributed by atoms with Crippen molar-refractivity contribution in [1.82, 2.24) is 0 Å². The Hall–Kier alpha value is -1.11. The second-order valence-corrected chi connectivity index (χ2v) is 2.98. The lowest BCUT2D eigenvalue weighted by Gasteiger charge is -2.03. The largest absolute Gasteiger partial charge is 0.542 e. The highest BCUT2D eigenvalue weighted by atomic mass is 19.4. The summed E-state index contributed by atoms with van der Waals surface area (Å²) in [7, 11) is 0. The zero-order valence-corrected chi connectivity index (χ0v) is 8.30. The van der Waals surface area contributed by atoms with Crippen LogP contribution in [0.1, 0.15) is 13.3 Å². The fraction of sp³-hybridized carbons (Fsp3) is 0.750. The number of carbonyl (C=O) groups is 1. The third-order valence-electron chi connectivity index (χ3n) is 1.64. The Kier molecular flexibility index (Phi) is 5.92. The molecule has 0 saturated heterocycles. The van der Waals surface area contributed by atoms with Gasteiger partial charge in [-0.1, -0.05) is 6.92 Å². The van der Waals surface area contributed by atoms with E-state index in [0.717, 1.165) is 6.54 Å². The van der Waals surface area contributed by atoms with Crippen LogP contribution >= 0.6 is 0 Å². The number of nitrogens with zero attached hydrogens (tertiary/aromatic N) is 1. The first kappa shape index (κ1) is 13.9. The van der Waals surface area contributed by atoms with Crippen molar-refractivity contribution in [2.75, 3.05) is 19.6 Å². The van der Waals surface area contributed by atoms with Crippen LogP contribution in [0.5, 0.6) is 0 Å². The van der Waals surface area contributed by atoms with Crippen molar-refractivity contribution in [2.24, 2.45) is 4.99 Å². The van der Waals surface area contributed by atoms with Crippen LogP contribution in [0.2, 0.25) is 0 Å². The van der Waals surface area contributed by atoms with Crippen LogP contribution in [-0.4, -0.2) is 38.1 Å². The van der Waals surface area contributed by atoms with Gasteiger partial charge in [-0.05, 0) is 6.42 Å². The number of aliphatic imine (C=N–C) groups is 1. The lowest BCUT2D eigenvalue weighted by molar-refractivity contribution is -0.791. The number of carbonyl (C=O) groups excluding carboxylic acids is 1. The summed E-state index contributed by atoms with van der Waals surface area (Å²) >= 11 is 0. The molecule has 0 aliphatic carbocycles. The molecule has 0 saturated carbocycles. The highest BCUT2D eigenvalue weighted by Gasteiger charge is 2.28. The van der Waals surface area contributed by atoms with Gasteiger partial charge in [0.25, 0.3) is 0 Å². The van der Waals surface area contributed by atoms with E-state index in [4.69, 9.17) is 9.90 Å². The summed E-state index contributed by atoms with van der Waals surface area (Å²) in [6, 6.07) is 0. The number of halogens is 3. The van der Waals surface area contributed by atoms with Crippen molar-refractivity contribution < 1.29 is 28.0 Å². The first-order valence-corrected chi connectivity index (χ1v) is 4.50. The SMILES string of the molecule is CCC[NH+]1C=NCC1.O=C([O-])C(F)(F)F. The zero-order chi connectivity index (χ0) is 11.9. The van der Waals surface area contributed by atoms with Gasteiger partial charge in [-0.15, -0.1) is 0 Å². The molecule has 1 N–H and O–H groups in total. The van der Waals surface area contributed by atoms with Gasteiger partial charge in [-0.2, -0.15) is 13.2 Å². The average molecular weight is 226 g/mol. The molecular formula is C8H13F3N2O2. The zero-order valence-electron chi connectivity index (χ0n) is 8.30. The molecule has 1 unspecified atom stereocenters. The standard InChI is InChI=1S/C6H12N2.C2HF3O2/c1-2-4-8-5-3-7-6-8;3-2(4,5)1(6)7/h6H,2-5H2,1H3;(H,6,7). The number of quaternary nitrogens is 1. The molecule has 88 valence electrons. The van der Waals surface area contributed by atoms with Gasteiger partial charge in [0.15, 0.2) is 6.34 Å². The first-order chi connectivity index (χ1) is 6.88. The molecule has 0 aromatic heterocycles. The fourth-order valence-corrected chi connectivity index (χ4v) is 0.977. The Morgan fingerprint density at radius 1 is 1.60 bits per heavy atom. The van der Waals surface area contributed by atoms with Crippen molar-refractivity contribution in [3.8, 4) is 0 Å². The number of alkyl halides is 3. The lowest BCUT2D eigenvalue weighted by Crippen LogP contribution is -3.09. The summed E-state index contributed by atoms with van der Waals surface area (Å²) in [6.45, 7) is 5.71. The number of aliphatic carboxylic acids is 1. The van der Waals surface area contributed by atoms with Crippen LogP contribution < -0.4 is 10.0 Å². The molecule has 0 spiro atoms. The molecule has 15 heavy (non-hydrogen) atoms. The van der Waals surface area contributed by atoms with Gasteiger partial charge in [-0.25, -0.2) is 4.99 Å². The number of nitrogens with one attached hydrogen (secondary N) is 1. The monoisotopic (exact) mass is 226 g/mol. The molecule has 0 aromatic rings. The predicted molar refractivity (Wildman–Crippen MR) is 45.4 cm³/mol. The van der Waals surface area contributed by atoms with Gasteiger partial charge >= 0.3 is 6.18 Å². The van der Waals surface area contributed by atoms with E-state index in [9.17, 15) is 13.2 Å². The molecule has 0 fully saturated rings. The molecule has 1 rings (SSSR count). The van der Waals surface area contributed by atoms with E-state index < -0.39 is 12.1 Å². The van der Waals surface area contributed by atoms with Gasteiger partial charge in [0.05, 0.1) is 13.1 Å². The number of rotatable bonds is 2. The topological polar surface area (TPSA) is 56.9 Å². The summed E-state index contributed by atoms with van der Waals surface area (Å²) in [5.41, 5.74) is 0. The maximum Gasteiger partial charge on any atom is 0.430 e. The second kappa shape index (κ2) is 6.39. The molecule has 1 aliphatic rings. The number of hydrogen-bond acceptors (Lipinski definition) is 3. The second-order valence-electron chi connectivity index (χ2n) is 2.98. The maximum absolute atomic E-state index is 10.5. The fourth-order valence-electron chi connectivity index (χ4n) is 0.977. The highest BCUT2D eigenvalue weighted by Crippen LogP contribution is 2.11. The van der Waals surface area contributed by atoms with Gasteiger partial charge in [0.1, 0.15) is 12.5 Å². The molecule has 7 heteroatoms. The van der Waals surface area contributed by atoms with Crippen molar-refractivity contribution in [3.05, 3.63) is 0 Å². The molecule has 0 amide bonds. The van der Waals surface area contributed by atoms with Gasteiger partial charge in [0.2, 0.25) is 0 Å². The molecule has 1 atom stereocenters. The molecule has 0 bridgehead atoms. The van der Waals surface area contributed by atoms with E-state index in [1.54, 1.807) is 0 Å². The van der Waals surface area contributed by atoms with E-state index in [1.807, 2.05) is 6.34 Å². The smallest absolute Gasteiger partial charge is 0.430 e. The summed E-state index contributed by atoms with van der Waals surface area (Å²) in [6.07, 6.45) is -1.90. The average Bonchev–Trinajstić information content (AvgIpc) is 2.57. The van der Waals surface area contributed by atoms with Crippen molar-refractivity contribution >= 4 is 12.3 Å². The van der Waals surface area contributed by atoms with Crippen molar-refractivity contribution in [2.45, 2.75) is 19.5 Å².